The molecule has 2 aromatic carbocycles. The number of rotatable bonds is 4. The molecular weight excluding hydrogens is 277 g/mol. The number of hydrogen-bond donors (Lipinski definition) is 2. The van der Waals surface area contributed by atoms with Crippen molar-refractivity contribution in [3.05, 3.63) is 64.4 Å². The summed E-state index contributed by atoms with van der Waals surface area (Å²) >= 11 is 6.02. The molecule has 0 fully saturated rings. The largest absolute Gasteiger partial charge is 0.384 e. The van der Waals surface area contributed by atoms with Crippen LogP contribution in [0, 0.1) is 11.2 Å². The van der Waals surface area contributed by atoms with Crippen molar-refractivity contribution in [3.63, 3.8) is 0 Å². The number of nitrogens with one attached hydrogen (secondary N) is 1. The molecule has 20 heavy (non-hydrogen) atoms. The zero-order valence-corrected chi connectivity index (χ0v) is 11.8. The van der Waals surface area contributed by atoms with Gasteiger partial charge in [-0.25, -0.2) is 4.39 Å². The van der Waals surface area contributed by atoms with Crippen molar-refractivity contribution >= 4 is 23.1 Å². The quantitative estimate of drug-likeness (QED) is 0.670. The van der Waals surface area contributed by atoms with Crippen LogP contribution in [0.4, 0.5) is 10.1 Å². The summed E-state index contributed by atoms with van der Waals surface area (Å²) in [5.41, 5.74) is 7.43. The molecule has 0 unspecified atom stereocenters. The molecule has 0 spiro atoms. The Bertz CT molecular complexity index is 605. The first-order chi connectivity index (χ1) is 9.49. The molecule has 0 saturated heterocycles. The van der Waals surface area contributed by atoms with E-state index < -0.39 is 0 Å². The van der Waals surface area contributed by atoms with Crippen LogP contribution in [-0.4, -0.2) is 12.9 Å². The standard InChI is InChI=1S/C15H15ClFN3/c1-20(9-12-13(16)3-2-4-14(12)17)11-7-5-10(6-8-11)15(18)19/h2-8H,9H2,1H3,(H3,18,19). The molecule has 0 aromatic heterocycles. The first-order valence-corrected chi connectivity index (χ1v) is 6.45. The van der Waals surface area contributed by atoms with E-state index in [1.54, 1.807) is 24.3 Å². The number of nitrogens with zero attached hydrogens (tertiary/aromatic N) is 1. The molecule has 3 nitrogen and oxygen atoms in total. The molecule has 0 aliphatic rings. The van der Waals surface area contributed by atoms with E-state index in [-0.39, 0.29) is 11.7 Å². The first kappa shape index (κ1) is 14.3. The van der Waals surface area contributed by atoms with Crippen LogP contribution in [0.2, 0.25) is 5.02 Å². The second-order valence-electron chi connectivity index (χ2n) is 4.52. The van der Waals surface area contributed by atoms with Gasteiger partial charge in [-0.05, 0) is 36.4 Å². The van der Waals surface area contributed by atoms with Crippen LogP contribution in [0.15, 0.2) is 42.5 Å². The maximum atomic E-state index is 13.7. The third-order valence-corrected chi connectivity index (χ3v) is 3.43. The Hall–Kier alpha value is -2.07. The summed E-state index contributed by atoms with van der Waals surface area (Å²) in [6.07, 6.45) is 0. The van der Waals surface area contributed by atoms with Crippen molar-refractivity contribution in [2.45, 2.75) is 6.54 Å². The molecule has 0 heterocycles. The fourth-order valence-corrected chi connectivity index (χ4v) is 2.13. The van der Waals surface area contributed by atoms with E-state index in [0.717, 1.165) is 5.69 Å². The van der Waals surface area contributed by atoms with Gasteiger partial charge in [0.2, 0.25) is 0 Å². The molecule has 2 rings (SSSR count). The molecule has 0 aliphatic heterocycles. The first-order valence-electron chi connectivity index (χ1n) is 6.07. The Morgan fingerprint density at radius 2 is 1.90 bits per heavy atom. The Labute approximate surface area is 122 Å². The lowest BCUT2D eigenvalue weighted by Crippen LogP contribution is -2.18. The van der Waals surface area contributed by atoms with Crippen molar-refractivity contribution in [2.75, 3.05) is 11.9 Å². The van der Waals surface area contributed by atoms with Crippen LogP contribution in [-0.2, 0) is 6.54 Å². The minimum atomic E-state index is -0.315. The van der Waals surface area contributed by atoms with Crippen molar-refractivity contribution in [1.29, 1.82) is 5.41 Å². The van der Waals surface area contributed by atoms with Gasteiger partial charge in [0.25, 0.3) is 0 Å². The van der Waals surface area contributed by atoms with Gasteiger partial charge in [0, 0.05) is 35.4 Å². The van der Waals surface area contributed by atoms with Gasteiger partial charge in [0.05, 0.1) is 0 Å². The molecule has 0 atom stereocenters. The molecule has 0 radical (unpaired) electrons. The summed E-state index contributed by atoms with van der Waals surface area (Å²) in [7, 11) is 1.85. The average Bonchev–Trinajstić information content (AvgIpc) is 2.43. The van der Waals surface area contributed by atoms with Crippen molar-refractivity contribution in [1.82, 2.24) is 0 Å². The van der Waals surface area contributed by atoms with Gasteiger partial charge in [-0.1, -0.05) is 17.7 Å². The highest BCUT2D eigenvalue weighted by Crippen LogP contribution is 2.23. The number of nitrogens with two attached hydrogens (primary N) is 1. The minimum Gasteiger partial charge on any atom is -0.384 e. The van der Waals surface area contributed by atoms with Gasteiger partial charge < -0.3 is 10.6 Å². The second-order valence-corrected chi connectivity index (χ2v) is 4.92. The van der Waals surface area contributed by atoms with Crippen LogP contribution in [0.1, 0.15) is 11.1 Å². The lowest BCUT2D eigenvalue weighted by Gasteiger charge is -2.20. The predicted octanol–water partition coefficient (Wildman–Crippen LogP) is 3.40. The lowest BCUT2D eigenvalue weighted by atomic mass is 10.1. The van der Waals surface area contributed by atoms with E-state index in [4.69, 9.17) is 22.7 Å². The predicted molar refractivity (Wildman–Crippen MR) is 81.0 cm³/mol. The number of nitrogen functional groups attached to an aromatic ring is 1. The summed E-state index contributed by atoms with van der Waals surface area (Å²) in [5, 5.41) is 7.76. The van der Waals surface area contributed by atoms with Gasteiger partial charge in [0.15, 0.2) is 0 Å². The second kappa shape index (κ2) is 5.92. The Morgan fingerprint density at radius 1 is 1.25 bits per heavy atom. The van der Waals surface area contributed by atoms with E-state index in [9.17, 15) is 4.39 Å². The fourth-order valence-electron chi connectivity index (χ4n) is 1.91. The number of hydrogen-bond acceptors (Lipinski definition) is 2. The fraction of sp³-hybridized carbons (Fsp3) is 0.133. The Morgan fingerprint density at radius 3 is 2.45 bits per heavy atom. The van der Waals surface area contributed by atoms with Crippen molar-refractivity contribution in [2.24, 2.45) is 5.73 Å². The maximum absolute atomic E-state index is 13.7. The average molecular weight is 292 g/mol. The zero-order valence-electron chi connectivity index (χ0n) is 11.0. The van der Waals surface area contributed by atoms with Crippen molar-refractivity contribution in [3.8, 4) is 0 Å². The third-order valence-electron chi connectivity index (χ3n) is 3.08. The summed E-state index contributed by atoms with van der Waals surface area (Å²) in [5.74, 6) is -0.291. The monoisotopic (exact) mass is 291 g/mol. The van der Waals surface area contributed by atoms with Crippen LogP contribution >= 0.6 is 11.6 Å². The van der Waals surface area contributed by atoms with Crippen LogP contribution in [0.25, 0.3) is 0 Å². The smallest absolute Gasteiger partial charge is 0.129 e. The highest BCUT2D eigenvalue weighted by atomic mass is 35.5. The normalized spacial score (nSPS) is 10.3. The van der Waals surface area contributed by atoms with Gasteiger partial charge in [-0.15, -0.1) is 0 Å². The summed E-state index contributed by atoms with van der Waals surface area (Å²) < 4.78 is 13.7. The minimum absolute atomic E-state index is 0.0244. The number of amidine groups is 1. The molecule has 104 valence electrons. The molecule has 0 saturated carbocycles. The number of anilines is 1. The molecule has 0 bridgehead atoms. The topological polar surface area (TPSA) is 53.1 Å². The maximum Gasteiger partial charge on any atom is 0.129 e. The van der Waals surface area contributed by atoms with Gasteiger partial charge in [-0.3, -0.25) is 5.41 Å². The highest BCUT2D eigenvalue weighted by molar-refractivity contribution is 6.31. The van der Waals surface area contributed by atoms with Crippen molar-refractivity contribution < 1.29 is 4.39 Å². The molecule has 3 N–H and O–H groups in total. The molecule has 5 heteroatoms. The Balaban J connectivity index is 2.19. The lowest BCUT2D eigenvalue weighted by molar-refractivity contribution is 0.608. The highest BCUT2D eigenvalue weighted by Gasteiger charge is 2.10. The molecule has 0 aliphatic carbocycles. The third kappa shape index (κ3) is 3.08. The van der Waals surface area contributed by atoms with E-state index in [1.807, 2.05) is 24.1 Å². The number of halogens is 2. The summed E-state index contributed by atoms with van der Waals surface area (Å²) in [4.78, 5) is 1.88. The van der Waals surface area contributed by atoms with E-state index in [2.05, 4.69) is 0 Å². The molecular formula is C15H15ClFN3. The number of benzene rings is 2. The van der Waals surface area contributed by atoms with E-state index >= 15 is 0 Å². The van der Waals surface area contributed by atoms with Gasteiger partial charge in [-0.2, -0.15) is 0 Å². The summed E-state index contributed by atoms with van der Waals surface area (Å²) in [6, 6.07) is 11.9. The zero-order chi connectivity index (χ0) is 14.7. The van der Waals surface area contributed by atoms with Gasteiger partial charge >= 0.3 is 0 Å². The van der Waals surface area contributed by atoms with Crippen LogP contribution in [0.3, 0.4) is 0 Å². The van der Waals surface area contributed by atoms with E-state index in [1.165, 1.54) is 6.07 Å². The van der Waals surface area contributed by atoms with E-state index in [0.29, 0.717) is 22.7 Å². The summed E-state index contributed by atoms with van der Waals surface area (Å²) in [6.45, 7) is 0.366. The Kier molecular flexibility index (Phi) is 4.25. The van der Waals surface area contributed by atoms with Crippen LogP contribution < -0.4 is 10.6 Å². The van der Waals surface area contributed by atoms with Gasteiger partial charge in [0.1, 0.15) is 11.7 Å². The SMILES string of the molecule is CN(Cc1c(F)cccc1Cl)c1ccc(C(=N)N)cc1. The van der Waals surface area contributed by atoms with Crippen LogP contribution in [0.5, 0.6) is 0 Å². The molecule has 2 aromatic rings. The molecule has 0 amide bonds.